The van der Waals surface area contributed by atoms with Gasteiger partial charge in [0.15, 0.2) is 0 Å². The minimum atomic E-state index is -0.552. The number of amides is 2. The summed E-state index contributed by atoms with van der Waals surface area (Å²) in [6.45, 7) is 1.41. The van der Waals surface area contributed by atoms with E-state index in [2.05, 4.69) is 5.32 Å². The Morgan fingerprint density at radius 3 is 2.19 bits per heavy atom. The maximum atomic E-state index is 12.6. The van der Waals surface area contributed by atoms with Crippen LogP contribution < -0.4 is 11.1 Å². The van der Waals surface area contributed by atoms with Crippen molar-refractivity contribution in [2.24, 2.45) is 5.73 Å². The first-order chi connectivity index (χ1) is 12.9. The van der Waals surface area contributed by atoms with Crippen LogP contribution in [0.3, 0.4) is 0 Å². The zero-order valence-corrected chi connectivity index (χ0v) is 14.7. The van der Waals surface area contributed by atoms with Gasteiger partial charge in [0.2, 0.25) is 11.8 Å². The topological polar surface area (TPSA) is 98.5 Å². The number of carbonyl (C=O) groups excluding carboxylic acids is 3. The molecule has 0 spiro atoms. The molecule has 0 saturated heterocycles. The highest BCUT2D eigenvalue weighted by Gasteiger charge is 2.15. The van der Waals surface area contributed by atoms with Crippen LogP contribution in [0.15, 0.2) is 60.7 Å². The van der Waals surface area contributed by atoms with Crippen LogP contribution in [0.2, 0.25) is 0 Å². The molecule has 0 radical (unpaired) electrons. The van der Waals surface area contributed by atoms with Crippen molar-refractivity contribution in [3.05, 3.63) is 77.4 Å². The third kappa shape index (κ3) is 4.30. The number of nitrogens with one attached hydrogen (secondary N) is 1. The number of anilines is 1. The molecule has 3 aromatic rings. The second-order valence-electron chi connectivity index (χ2n) is 6.06. The zero-order valence-electron chi connectivity index (χ0n) is 14.7. The second kappa shape index (κ2) is 7.70. The SMILES string of the molecule is CC(=O)Nc1cc2ccccc2cc1C(=O)OCc1ccc(C(N)=O)cc1. The van der Waals surface area contributed by atoms with E-state index < -0.39 is 11.9 Å². The lowest BCUT2D eigenvalue weighted by molar-refractivity contribution is -0.114. The lowest BCUT2D eigenvalue weighted by Gasteiger charge is -2.12. The minimum Gasteiger partial charge on any atom is -0.457 e. The van der Waals surface area contributed by atoms with Gasteiger partial charge in [0.05, 0.1) is 11.3 Å². The van der Waals surface area contributed by atoms with Crippen LogP contribution >= 0.6 is 0 Å². The molecule has 3 N–H and O–H groups in total. The zero-order chi connectivity index (χ0) is 19.4. The number of carbonyl (C=O) groups is 3. The van der Waals surface area contributed by atoms with E-state index in [1.165, 1.54) is 6.92 Å². The highest BCUT2D eigenvalue weighted by atomic mass is 16.5. The van der Waals surface area contributed by atoms with E-state index in [1.807, 2.05) is 24.3 Å². The van der Waals surface area contributed by atoms with Gasteiger partial charge in [-0.25, -0.2) is 4.79 Å². The Morgan fingerprint density at radius 2 is 1.59 bits per heavy atom. The van der Waals surface area contributed by atoms with E-state index >= 15 is 0 Å². The summed E-state index contributed by atoms with van der Waals surface area (Å²) >= 11 is 0. The molecule has 27 heavy (non-hydrogen) atoms. The van der Waals surface area contributed by atoms with E-state index in [1.54, 1.807) is 36.4 Å². The standard InChI is InChI=1S/C21H18N2O4/c1-13(24)23-19-11-17-5-3-2-4-16(17)10-18(19)21(26)27-12-14-6-8-15(9-7-14)20(22)25/h2-11H,12H2,1H3,(H2,22,25)(H,23,24). The van der Waals surface area contributed by atoms with E-state index in [0.717, 1.165) is 16.3 Å². The van der Waals surface area contributed by atoms with Crippen molar-refractivity contribution in [1.29, 1.82) is 0 Å². The molecule has 0 heterocycles. The monoisotopic (exact) mass is 362 g/mol. The summed E-state index contributed by atoms with van der Waals surface area (Å²) in [7, 11) is 0. The van der Waals surface area contributed by atoms with Gasteiger partial charge in [-0.05, 0) is 40.6 Å². The fourth-order valence-electron chi connectivity index (χ4n) is 2.69. The smallest absolute Gasteiger partial charge is 0.340 e. The number of fused-ring (bicyclic) bond motifs is 1. The molecule has 0 bridgehead atoms. The molecule has 0 saturated carbocycles. The summed E-state index contributed by atoms with van der Waals surface area (Å²) in [6, 6.07) is 17.5. The van der Waals surface area contributed by atoms with Crippen LogP contribution in [-0.2, 0) is 16.1 Å². The van der Waals surface area contributed by atoms with Crippen LogP contribution in [0, 0.1) is 0 Å². The van der Waals surface area contributed by atoms with Crippen molar-refractivity contribution in [2.45, 2.75) is 13.5 Å². The number of benzene rings is 3. The average molecular weight is 362 g/mol. The molecular weight excluding hydrogens is 344 g/mol. The summed E-state index contributed by atoms with van der Waals surface area (Å²) in [5, 5.41) is 4.44. The molecule has 0 aliphatic carbocycles. The molecule has 3 aromatic carbocycles. The fraction of sp³-hybridized carbons (Fsp3) is 0.0952. The van der Waals surface area contributed by atoms with Crippen LogP contribution in [0.4, 0.5) is 5.69 Å². The van der Waals surface area contributed by atoms with Crippen molar-refractivity contribution in [2.75, 3.05) is 5.32 Å². The Bertz CT molecular complexity index is 1030. The van der Waals surface area contributed by atoms with E-state index in [0.29, 0.717) is 11.3 Å². The first kappa shape index (κ1) is 18.1. The summed E-state index contributed by atoms with van der Waals surface area (Å²) < 4.78 is 5.38. The Morgan fingerprint density at radius 1 is 0.963 bits per heavy atom. The lowest BCUT2D eigenvalue weighted by atomic mass is 10.0. The highest BCUT2D eigenvalue weighted by molar-refractivity contribution is 6.05. The Labute approximate surface area is 155 Å². The van der Waals surface area contributed by atoms with Gasteiger partial charge in [-0.3, -0.25) is 9.59 Å². The van der Waals surface area contributed by atoms with Crippen LogP contribution in [-0.4, -0.2) is 17.8 Å². The van der Waals surface area contributed by atoms with Crippen LogP contribution in [0.5, 0.6) is 0 Å². The number of hydrogen-bond acceptors (Lipinski definition) is 4. The Kier molecular flexibility index (Phi) is 5.17. The number of hydrogen-bond donors (Lipinski definition) is 2. The van der Waals surface area contributed by atoms with Crippen molar-refractivity contribution in [3.63, 3.8) is 0 Å². The summed E-state index contributed by atoms with van der Waals surface area (Å²) in [6.07, 6.45) is 0. The molecule has 0 atom stereocenters. The fourth-order valence-corrected chi connectivity index (χ4v) is 2.69. The van der Waals surface area contributed by atoms with Gasteiger partial charge in [0.25, 0.3) is 0 Å². The third-order valence-electron chi connectivity index (χ3n) is 4.02. The van der Waals surface area contributed by atoms with E-state index in [4.69, 9.17) is 10.5 Å². The molecule has 6 nitrogen and oxygen atoms in total. The lowest BCUT2D eigenvalue weighted by Crippen LogP contribution is -2.13. The Hall–Kier alpha value is -3.67. The molecule has 0 fully saturated rings. The third-order valence-corrected chi connectivity index (χ3v) is 4.02. The predicted molar refractivity (Wildman–Crippen MR) is 102 cm³/mol. The van der Waals surface area contributed by atoms with Gasteiger partial charge in [-0.2, -0.15) is 0 Å². The van der Waals surface area contributed by atoms with Crippen LogP contribution in [0.1, 0.15) is 33.2 Å². The molecule has 0 aliphatic rings. The maximum Gasteiger partial charge on any atom is 0.340 e. The van der Waals surface area contributed by atoms with Gasteiger partial charge in [-0.15, -0.1) is 0 Å². The van der Waals surface area contributed by atoms with Gasteiger partial charge in [-0.1, -0.05) is 36.4 Å². The molecule has 6 heteroatoms. The van der Waals surface area contributed by atoms with Crippen LogP contribution in [0.25, 0.3) is 10.8 Å². The summed E-state index contributed by atoms with van der Waals surface area (Å²) in [5.41, 5.74) is 6.98. The largest absolute Gasteiger partial charge is 0.457 e. The minimum absolute atomic E-state index is 0.0320. The quantitative estimate of drug-likeness (QED) is 0.681. The summed E-state index contributed by atoms with van der Waals surface area (Å²) in [5.74, 6) is -1.35. The van der Waals surface area contributed by atoms with Crippen molar-refractivity contribution < 1.29 is 19.1 Å². The molecule has 0 unspecified atom stereocenters. The van der Waals surface area contributed by atoms with Gasteiger partial charge >= 0.3 is 5.97 Å². The summed E-state index contributed by atoms with van der Waals surface area (Å²) in [4.78, 5) is 35.2. The highest BCUT2D eigenvalue weighted by Crippen LogP contribution is 2.25. The van der Waals surface area contributed by atoms with E-state index in [9.17, 15) is 14.4 Å². The normalized spacial score (nSPS) is 10.4. The van der Waals surface area contributed by atoms with Gasteiger partial charge in [0.1, 0.15) is 6.61 Å². The molecule has 3 rings (SSSR count). The molecule has 0 aromatic heterocycles. The molecule has 0 aliphatic heterocycles. The second-order valence-corrected chi connectivity index (χ2v) is 6.06. The van der Waals surface area contributed by atoms with Crippen molar-refractivity contribution >= 4 is 34.2 Å². The molecular formula is C21H18N2O4. The molecule has 2 amide bonds. The number of primary amides is 1. The number of esters is 1. The average Bonchev–Trinajstić information content (AvgIpc) is 2.65. The Balaban J connectivity index is 1.83. The van der Waals surface area contributed by atoms with Crippen molar-refractivity contribution in [1.82, 2.24) is 0 Å². The van der Waals surface area contributed by atoms with E-state index in [-0.39, 0.29) is 18.1 Å². The number of rotatable bonds is 5. The predicted octanol–water partition coefficient (Wildman–Crippen LogP) is 3.25. The van der Waals surface area contributed by atoms with Gasteiger partial charge in [0, 0.05) is 12.5 Å². The van der Waals surface area contributed by atoms with Crippen molar-refractivity contribution in [3.8, 4) is 0 Å². The molecule has 136 valence electrons. The van der Waals surface area contributed by atoms with Gasteiger partial charge < -0.3 is 15.8 Å². The first-order valence-corrected chi connectivity index (χ1v) is 8.30. The number of nitrogens with two attached hydrogens (primary N) is 1. The first-order valence-electron chi connectivity index (χ1n) is 8.30. The maximum absolute atomic E-state index is 12.6. The number of ether oxygens (including phenoxy) is 1.